The van der Waals surface area contributed by atoms with Gasteiger partial charge in [0.2, 0.25) is 0 Å². The fraction of sp³-hybridized carbons (Fsp3) is 0.867. The van der Waals surface area contributed by atoms with Crippen LogP contribution in [0.15, 0.2) is 11.6 Å². The third-order valence-electron chi connectivity index (χ3n) is 10.7. The SMILES string of the molecule is CC(C)CCCC[C@H]1CC[C@H]2[C@@H]3CC=C4C[C@@H](OC(=O)CCC(=O)O)CC[C@]4(C)[C@H]3CC[C@]12C. The Morgan fingerprint density at radius 1 is 1.06 bits per heavy atom. The number of ether oxygens (including phenoxy) is 1. The smallest absolute Gasteiger partial charge is 0.306 e. The lowest BCUT2D eigenvalue weighted by molar-refractivity contribution is -0.154. The number of aliphatic carboxylic acids is 1. The number of rotatable bonds is 9. The van der Waals surface area contributed by atoms with Crippen molar-refractivity contribution in [3.8, 4) is 0 Å². The van der Waals surface area contributed by atoms with E-state index in [-0.39, 0.29) is 30.3 Å². The Labute approximate surface area is 207 Å². The zero-order valence-corrected chi connectivity index (χ0v) is 22.1. The number of allylic oxidation sites excluding steroid dienone is 1. The molecule has 0 bridgehead atoms. The molecule has 3 saturated carbocycles. The van der Waals surface area contributed by atoms with E-state index in [1.54, 1.807) is 0 Å². The fourth-order valence-electron chi connectivity index (χ4n) is 8.71. The maximum Gasteiger partial charge on any atom is 0.306 e. The summed E-state index contributed by atoms with van der Waals surface area (Å²) in [5.41, 5.74) is 2.31. The highest BCUT2D eigenvalue weighted by Crippen LogP contribution is 2.66. The van der Waals surface area contributed by atoms with Gasteiger partial charge in [-0.3, -0.25) is 9.59 Å². The molecule has 4 aliphatic carbocycles. The molecule has 1 N–H and O–H groups in total. The Kier molecular flexibility index (Phi) is 7.84. The number of unbranched alkanes of at least 4 members (excludes halogenated alkanes) is 1. The molecule has 0 aromatic heterocycles. The first-order chi connectivity index (χ1) is 16.1. The summed E-state index contributed by atoms with van der Waals surface area (Å²) in [5, 5.41) is 8.82. The van der Waals surface area contributed by atoms with E-state index in [1.165, 1.54) is 63.4 Å². The molecule has 0 radical (unpaired) electrons. The number of esters is 1. The van der Waals surface area contributed by atoms with Gasteiger partial charge in [0.05, 0.1) is 12.8 Å². The molecule has 4 rings (SSSR count). The average molecular weight is 473 g/mol. The second-order valence-electron chi connectivity index (χ2n) is 13.0. The molecule has 0 spiro atoms. The van der Waals surface area contributed by atoms with Crippen molar-refractivity contribution < 1.29 is 19.4 Å². The summed E-state index contributed by atoms with van der Waals surface area (Å²) in [4.78, 5) is 22.9. The maximum atomic E-state index is 12.1. The summed E-state index contributed by atoms with van der Waals surface area (Å²) in [6.45, 7) is 9.83. The van der Waals surface area contributed by atoms with Crippen molar-refractivity contribution in [2.45, 2.75) is 124 Å². The minimum Gasteiger partial charge on any atom is -0.481 e. The molecular formula is C30H48O4. The molecule has 192 valence electrons. The largest absolute Gasteiger partial charge is 0.481 e. The minimum absolute atomic E-state index is 0.0221. The monoisotopic (exact) mass is 472 g/mol. The predicted molar refractivity (Wildman–Crippen MR) is 135 cm³/mol. The van der Waals surface area contributed by atoms with Crippen molar-refractivity contribution in [3.05, 3.63) is 11.6 Å². The highest BCUT2D eigenvalue weighted by atomic mass is 16.5. The van der Waals surface area contributed by atoms with Crippen molar-refractivity contribution in [3.63, 3.8) is 0 Å². The molecule has 4 nitrogen and oxygen atoms in total. The van der Waals surface area contributed by atoms with Gasteiger partial charge < -0.3 is 9.84 Å². The summed E-state index contributed by atoms with van der Waals surface area (Å²) >= 11 is 0. The first-order valence-electron chi connectivity index (χ1n) is 14.2. The van der Waals surface area contributed by atoms with Crippen molar-refractivity contribution in [1.82, 2.24) is 0 Å². The van der Waals surface area contributed by atoms with Crippen LogP contribution in [0.3, 0.4) is 0 Å². The van der Waals surface area contributed by atoms with Crippen LogP contribution in [-0.4, -0.2) is 23.1 Å². The molecular weight excluding hydrogens is 424 g/mol. The van der Waals surface area contributed by atoms with Crippen molar-refractivity contribution in [1.29, 1.82) is 0 Å². The summed E-state index contributed by atoms with van der Waals surface area (Å²) in [5.74, 6) is 2.92. The van der Waals surface area contributed by atoms with Crippen LogP contribution in [0.5, 0.6) is 0 Å². The van der Waals surface area contributed by atoms with E-state index in [9.17, 15) is 9.59 Å². The van der Waals surface area contributed by atoms with Crippen LogP contribution < -0.4 is 0 Å². The van der Waals surface area contributed by atoms with Gasteiger partial charge in [0, 0.05) is 6.42 Å². The minimum atomic E-state index is -0.941. The topological polar surface area (TPSA) is 63.6 Å². The lowest BCUT2D eigenvalue weighted by atomic mass is 9.47. The summed E-state index contributed by atoms with van der Waals surface area (Å²) in [6.07, 6.45) is 17.6. The van der Waals surface area contributed by atoms with Gasteiger partial charge in [-0.15, -0.1) is 0 Å². The van der Waals surface area contributed by atoms with E-state index in [0.717, 1.165) is 48.9 Å². The van der Waals surface area contributed by atoms with Gasteiger partial charge in [-0.05, 0) is 91.8 Å². The van der Waals surface area contributed by atoms with E-state index in [4.69, 9.17) is 9.84 Å². The molecule has 0 aromatic carbocycles. The van der Waals surface area contributed by atoms with Crippen LogP contribution in [-0.2, 0) is 14.3 Å². The Morgan fingerprint density at radius 2 is 1.85 bits per heavy atom. The molecule has 0 heterocycles. The number of carboxylic acids is 1. The van der Waals surface area contributed by atoms with Gasteiger partial charge in [-0.1, -0.05) is 58.6 Å². The zero-order chi connectivity index (χ0) is 24.5. The number of carboxylic acid groups (broad SMARTS) is 1. The van der Waals surface area contributed by atoms with Gasteiger partial charge in [0.1, 0.15) is 6.10 Å². The highest BCUT2D eigenvalue weighted by Gasteiger charge is 2.58. The number of carbonyl (C=O) groups excluding carboxylic acids is 1. The zero-order valence-electron chi connectivity index (χ0n) is 22.1. The van der Waals surface area contributed by atoms with Crippen LogP contribution >= 0.6 is 0 Å². The average Bonchev–Trinajstić information content (AvgIpc) is 3.11. The first-order valence-corrected chi connectivity index (χ1v) is 14.2. The normalized spacial score (nSPS) is 39.1. The second kappa shape index (κ2) is 10.3. The van der Waals surface area contributed by atoms with E-state index < -0.39 is 5.97 Å². The Morgan fingerprint density at radius 3 is 2.59 bits per heavy atom. The Hall–Kier alpha value is -1.32. The van der Waals surface area contributed by atoms with Gasteiger partial charge in [-0.25, -0.2) is 0 Å². The third kappa shape index (κ3) is 5.12. The lowest BCUT2D eigenvalue weighted by Crippen LogP contribution is -2.50. The highest BCUT2D eigenvalue weighted by molar-refractivity contribution is 5.76. The molecule has 0 aliphatic heterocycles. The van der Waals surface area contributed by atoms with Crippen LogP contribution in [0.4, 0.5) is 0 Å². The third-order valence-corrected chi connectivity index (χ3v) is 10.7. The number of carbonyl (C=O) groups is 2. The molecule has 0 unspecified atom stereocenters. The van der Waals surface area contributed by atoms with Crippen LogP contribution in [0.2, 0.25) is 0 Å². The van der Waals surface area contributed by atoms with Gasteiger partial charge >= 0.3 is 11.9 Å². The number of hydrogen-bond acceptors (Lipinski definition) is 3. The van der Waals surface area contributed by atoms with Gasteiger partial charge in [0.15, 0.2) is 0 Å². The fourth-order valence-corrected chi connectivity index (χ4v) is 8.71. The lowest BCUT2D eigenvalue weighted by Gasteiger charge is -2.58. The van der Waals surface area contributed by atoms with E-state index in [1.807, 2.05) is 0 Å². The number of fused-ring (bicyclic) bond motifs is 5. The molecule has 4 heteroatoms. The summed E-state index contributed by atoms with van der Waals surface area (Å²) < 4.78 is 5.69. The maximum absolute atomic E-state index is 12.1. The molecule has 0 amide bonds. The molecule has 7 atom stereocenters. The van der Waals surface area contributed by atoms with Crippen LogP contribution in [0, 0.1) is 40.4 Å². The number of hydrogen-bond donors (Lipinski definition) is 1. The van der Waals surface area contributed by atoms with Crippen molar-refractivity contribution in [2.24, 2.45) is 40.4 Å². The standard InChI is InChI=1S/C30H48O4/c1-20(2)7-5-6-8-21-10-12-25-24-11-9-22-19-23(34-28(33)14-13-27(31)32)15-17-30(22,4)26(24)16-18-29(21,25)3/h9,20-21,23-26H,5-8,10-19H2,1-4H3,(H,31,32)/t21-,23-,24-,25-,26-,29+,30-/m0/s1. The first kappa shape index (κ1) is 25.8. The Bertz CT molecular complexity index is 785. The second-order valence-corrected chi connectivity index (χ2v) is 13.0. The molecule has 0 saturated heterocycles. The molecule has 34 heavy (non-hydrogen) atoms. The predicted octanol–water partition coefficient (Wildman–Crippen LogP) is 7.56. The van der Waals surface area contributed by atoms with Crippen LogP contribution in [0.25, 0.3) is 0 Å². The molecule has 0 aromatic rings. The summed E-state index contributed by atoms with van der Waals surface area (Å²) in [7, 11) is 0. The molecule has 3 fully saturated rings. The summed E-state index contributed by atoms with van der Waals surface area (Å²) in [6, 6.07) is 0. The Balaban J connectivity index is 1.38. The molecule has 4 aliphatic rings. The van der Waals surface area contributed by atoms with E-state index in [0.29, 0.717) is 5.41 Å². The van der Waals surface area contributed by atoms with Crippen LogP contribution in [0.1, 0.15) is 118 Å². The van der Waals surface area contributed by atoms with Crippen molar-refractivity contribution in [2.75, 3.05) is 0 Å². The van der Waals surface area contributed by atoms with Gasteiger partial charge in [0.25, 0.3) is 0 Å². The van der Waals surface area contributed by atoms with Gasteiger partial charge in [-0.2, -0.15) is 0 Å². The van der Waals surface area contributed by atoms with Crippen molar-refractivity contribution >= 4 is 11.9 Å². The quantitative estimate of drug-likeness (QED) is 0.214. The van der Waals surface area contributed by atoms with E-state index in [2.05, 4.69) is 33.8 Å². The van der Waals surface area contributed by atoms with E-state index >= 15 is 0 Å².